The fraction of sp³-hybridized carbons (Fsp3) is 0.333. The lowest BCUT2D eigenvalue weighted by atomic mass is 10.2. The first-order valence-corrected chi connectivity index (χ1v) is 15.3. The van der Waals surface area contributed by atoms with Gasteiger partial charge in [-0.05, 0) is 71.4 Å². The minimum Gasteiger partial charge on any atom is -0.443 e. The van der Waals surface area contributed by atoms with Crippen LogP contribution in [0.2, 0.25) is 5.02 Å². The number of benzene rings is 1. The molecule has 1 aromatic carbocycles. The second-order valence-corrected chi connectivity index (χ2v) is 13.6. The lowest BCUT2D eigenvalue weighted by molar-refractivity contribution is -0.115. The molecular weight excluding hydrogens is 634 g/mol. The highest BCUT2D eigenvalue weighted by Gasteiger charge is 2.31. The molecule has 0 unspecified atom stereocenters. The van der Waals surface area contributed by atoms with Gasteiger partial charge in [0.15, 0.2) is 0 Å². The van der Waals surface area contributed by atoms with Crippen LogP contribution in [0.25, 0.3) is 21.5 Å². The number of aromatic nitrogens is 7. The Morgan fingerprint density at radius 3 is 2.41 bits per heavy atom. The van der Waals surface area contributed by atoms with Crippen molar-refractivity contribution in [1.29, 1.82) is 0 Å². The summed E-state index contributed by atoms with van der Waals surface area (Å²) in [5.41, 5.74) is 0.437. The molecule has 0 bridgehead atoms. The number of pyridine rings is 1. The van der Waals surface area contributed by atoms with Crippen LogP contribution in [0.5, 0.6) is 0 Å². The number of aryl methyl sites for hydroxylation is 1. The Bertz CT molecular complexity index is 1940. The highest BCUT2D eigenvalue weighted by Crippen LogP contribution is 2.40. The summed E-state index contributed by atoms with van der Waals surface area (Å²) in [7, 11) is 1.78. The minimum atomic E-state index is -0.838. The van der Waals surface area contributed by atoms with Crippen molar-refractivity contribution in [2.24, 2.45) is 7.05 Å². The first-order chi connectivity index (χ1) is 21.6. The number of halogens is 1. The molecule has 5 rings (SSSR count). The van der Waals surface area contributed by atoms with Gasteiger partial charge in [0.05, 0.1) is 35.0 Å². The summed E-state index contributed by atoms with van der Waals surface area (Å²) in [4.78, 5) is 44.4. The molecular formula is C30H32ClN9O5S. The number of nitrogens with zero attached hydrogens (tertiary/aromatic N) is 8. The molecule has 5 aromatic rings. The highest BCUT2D eigenvalue weighted by atomic mass is 35.5. The van der Waals surface area contributed by atoms with Crippen molar-refractivity contribution in [2.75, 3.05) is 10.2 Å². The van der Waals surface area contributed by atoms with Crippen LogP contribution in [0.3, 0.4) is 0 Å². The van der Waals surface area contributed by atoms with E-state index in [2.05, 4.69) is 30.7 Å². The van der Waals surface area contributed by atoms with Gasteiger partial charge >= 0.3 is 12.2 Å². The molecule has 240 valence electrons. The molecule has 14 nitrogen and oxygen atoms in total. The smallest absolute Gasteiger partial charge is 0.435 e. The molecule has 0 aliphatic heterocycles. The summed E-state index contributed by atoms with van der Waals surface area (Å²) < 4.78 is 13.9. The largest absolute Gasteiger partial charge is 0.443 e. The lowest BCUT2D eigenvalue weighted by Gasteiger charge is -2.26. The third kappa shape index (κ3) is 7.49. The molecule has 16 heteroatoms. The van der Waals surface area contributed by atoms with E-state index in [4.69, 9.17) is 21.1 Å². The van der Waals surface area contributed by atoms with Crippen molar-refractivity contribution in [3.63, 3.8) is 0 Å². The zero-order valence-corrected chi connectivity index (χ0v) is 27.8. The second-order valence-electron chi connectivity index (χ2n) is 12.3. The van der Waals surface area contributed by atoms with E-state index in [-0.39, 0.29) is 28.2 Å². The predicted molar refractivity (Wildman–Crippen MR) is 173 cm³/mol. The van der Waals surface area contributed by atoms with Gasteiger partial charge in [0, 0.05) is 30.4 Å². The van der Waals surface area contributed by atoms with Crippen LogP contribution in [-0.2, 0) is 27.7 Å². The van der Waals surface area contributed by atoms with E-state index in [1.54, 1.807) is 89.9 Å². The van der Waals surface area contributed by atoms with Gasteiger partial charge in [-0.3, -0.25) is 9.48 Å². The summed E-state index contributed by atoms with van der Waals surface area (Å²) >= 11 is 7.96. The van der Waals surface area contributed by atoms with E-state index >= 15 is 0 Å². The third-order valence-corrected chi connectivity index (χ3v) is 7.41. The maximum absolute atomic E-state index is 13.6. The standard InChI is InChI=1S/C30H32ClN9O5S/c1-29(2,3)44-27(42)39(21-9-8-20-19(24(21)31)15-34-40(20)28(43)45-30(4,5)6)26-37-36-25(46-26)18-10-11-32-22(13-18)35-23(41)12-17-14-33-38(7)16-17/h8-11,13-16H,12H2,1-7H3,(H,32,35,41). The zero-order valence-electron chi connectivity index (χ0n) is 26.2. The van der Waals surface area contributed by atoms with E-state index in [9.17, 15) is 14.4 Å². The quantitative estimate of drug-likeness (QED) is 0.216. The Kier molecular flexibility index (Phi) is 8.82. The van der Waals surface area contributed by atoms with Gasteiger partial charge in [-0.15, -0.1) is 10.2 Å². The van der Waals surface area contributed by atoms with Crippen molar-refractivity contribution in [2.45, 2.75) is 59.2 Å². The van der Waals surface area contributed by atoms with Crippen molar-refractivity contribution in [3.8, 4) is 10.6 Å². The van der Waals surface area contributed by atoms with E-state index in [0.717, 1.165) is 21.6 Å². The van der Waals surface area contributed by atoms with Crippen LogP contribution < -0.4 is 10.2 Å². The Hall–Kier alpha value is -4.89. The van der Waals surface area contributed by atoms with Crippen LogP contribution in [0, 0.1) is 0 Å². The average Bonchev–Trinajstić information content (AvgIpc) is 3.69. The van der Waals surface area contributed by atoms with Gasteiger partial charge in [0.25, 0.3) is 0 Å². The van der Waals surface area contributed by atoms with Crippen LogP contribution in [0.1, 0.15) is 47.1 Å². The number of hydrogen-bond donors (Lipinski definition) is 1. The first kappa shape index (κ1) is 32.5. The molecule has 46 heavy (non-hydrogen) atoms. The number of nitrogens with one attached hydrogen (secondary N) is 1. The molecule has 4 aromatic heterocycles. The van der Waals surface area contributed by atoms with E-state index < -0.39 is 23.4 Å². The normalized spacial score (nSPS) is 11.8. The Morgan fingerprint density at radius 1 is 1.00 bits per heavy atom. The summed E-state index contributed by atoms with van der Waals surface area (Å²) in [6.07, 6.45) is 5.07. The molecule has 0 aliphatic rings. The molecule has 2 amide bonds. The summed E-state index contributed by atoms with van der Waals surface area (Å²) in [5.74, 6) is 0.0642. The average molecular weight is 666 g/mol. The summed E-state index contributed by atoms with van der Waals surface area (Å²) in [6, 6.07) is 6.55. The second kappa shape index (κ2) is 12.5. The van der Waals surface area contributed by atoms with Gasteiger partial charge in [-0.2, -0.15) is 14.9 Å². The van der Waals surface area contributed by atoms with Gasteiger partial charge in [-0.1, -0.05) is 22.9 Å². The van der Waals surface area contributed by atoms with E-state index in [1.807, 2.05) is 0 Å². The Labute approximate surface area is 273 Å². The SMILES string of the molecule is Cn1cc(CC(=O)Nc2cc(-c3nnc(N(C(=O)OC(C)(C)C)c4ccc5c(cnn5C(=O)OC(C)(C)C)c4Cl)s3)ccn2)cn1. The number of amides is 2. The molecule has 0 saturated carbocycles. The van der Waals surface area contributed by atoms with Crippen molar-refractivity contribution in [1.82, 2.24) is 34.7 Å². The van der Waals surface area contributed by atoms with Crippen LogP contribution in [0.4, 0.5) is 26.2 Å². The minimum absolute atomic E-state index is 0.134. The molecule has 0 radical (unpaired) electrons. The topological polar surface area (TPSA) is 159 Å². The first-order valence-electron chi connectivity index (χ1n) is 14.1. The monoisotopic (exact) mass is 665 g/mol. The van der Waals surface area contributed by atoms with Gasteiger partial charge in [-0.25, -0.2) is 19.5 Å². The molecule has 4 heterocycles. The zero-order chi connectivity index (χ0) is 33.4. The lowest BCUT2D eigenvalue weighted by Crippen LogP contribution is -2.34. The summed E-state index contributed by atoms with van der Waals surface area (Å²) in [5, 5.41) is 20.8. The van der Waals surface area contributed by atoms with Crippen LogP contribution in [-0.4, -0.2) is 64.0 Å². The molecule has 1 N–H and O–H groups in total. The van der Waals surface area contributed by atoms with Crippen LogP contribution in [0.15, 0.2) is 49.1 Å². The van der Waals surface area contributed by atoms with Gasteiger partial charge in [0.2, 0.25) is 11.0 Å². The van der Waals surface area contributed by atoms with E-state index in [0.29, 0.717) is 27.3 Å². The molecule has 0 aliphatic carbocycles. The van der Waals surface area contributed by atoms with Gasteiger partial charge < -0.3 is 14.8 Å². The maximum Gasteiger partial charge on any atom is 0.435 e. The summed E-state index contributed by atoms with van der Waals surface area (Å²) in [6.45, 7) is 10.5. The highest BCUT2D eigenvalue weighted by molar-refractivity contribution is 7.18. The Balaban J connectivity index is 1.46. The van der Waals surface area contributed by atoms with Crippen molar-refractivity contribution < 1.29 is 23.9 Å². The fourth-order valence-corrected chi connectivity index (χ4v) is 5.40. The number of hydrogen-bond acceptors (Lipinski definition) is 11. The molecule has 0 saturated heterocycles. The molecule has 0 fully saturated rings. The predicted octanol–water partition coefficient (Wildman–Crippen LogP) is 6.37. The van der Waals surface area contributed by atoms with Crippen molar-refractivity contribution >= 4 is 68.6 Å². The number of carbonyl (C=O) groups excluding carboxylic acids is 3. The molecule has 0 atom stereocenters. The number of carbonyl (C=O) groups is 3. The number of fused-ring (bicyclic) bond motifs is 1. The molecule has 0 spiro atoms. The fourth-order valence-electron chi connectivity index (χ4n) is 4.26. The number of ether oxygens (including phenoxy) is 2. The van der Waals surface area contributed by atoms with Gasteiger partial charge in [0.1, 0.15) is 22.0 Å². The maximum atomic E-state index is 13.6. The Morgan fingerprint density at radius 2 is 1.74 bits per heavy atom. The van der Waals surface area contributed by atoms with Crippen molar-refractivity contribution in [3.05, 3.63) is 59.6 Å². The van der Waals surface area contributed by atoms with Crippen LogP contribution >= 0.6 is 22.9 Å². The third-order valence-electron chi connectivity index (χ3n) is 6.05. The van der Waals surface area contributed by atoms with E-state index in [1.165, 1.54) is 17.3 Å². The number of anilines is 3. The number of rotatable bonds is 6.